The number of likely N-dealkylation sites (N-methyl/N-ethyl adjacent to an activating group) is 1. The summed E-state index contributed by atoms with van der Waals surface area (Å²) in [6, 6.07) is 11.4. The number of imide groups is 1. The van der Waals surface area contributed by atoms with Crippen molar-refractivity contribution in [1.29, 1.82) is 0 Å². The van der Waals surface area contributed by atoms with Gasteiger partial charge in [-0.25, -0.2) is 13.4 Å². The number of anilines is 2. The quantitative estimate of drug-likeness (QED) is 0.364. The molecule has 12 heteroatoms. The van der Waals surface area contributed by atoms with Crippen molar-refractivity contribution in [2.45, 2.75) is 31.6 Å². The van der Waals surface area contributed by atoms with Crippen molar-refractivity contribution in [2.75, 3.05) is 42.2 Å². The highest BCUT2D eigenvalue weighted by Crippen LogP contribution is 2.34. The van der Waals surface area contributed by atoms with Gasteiger partial charge in [-0.05, 0) is 43.4 Å². The van der Waals surface area contributed by atoms with E-state index in [9.17, 15) is 22.8 Å². The summed E-state index contributed by atoms with van der Waals surface area (Å²) in [5.74, 6) is -0.923. The molecule has 0 atom stereocenters. The van der Waals surface area contributed by atoms with Crippen LogP contribution in [0.15, 0.2) is 47.4 Å². The molecule has 0 unspecified atom stereocenters. The Morgan fingerprint density at radius 1 is 1.03 bits per heavy atom. The third-order valence-electron chi connectivity index (χ3n) is 6.18. The Labute approximate surface area is 226 Å². The fourth-order valence-electron chi connectivity index (χ4n) is 4.19. The highest BCUT2D eigenvalue weighted by molar-refractivity contribution is 7.91. The molecular weight excluding hydrogens is 536 g/mol. The molecule has 1 saturated heterocycles. The molecule has 2 heterocycles. The van der Waals surface area contributed by atoms with Crippen LogP contribution in [0.25, 0.3) is 10.2 Å². The van der Waals surface area contributed by atoms with Gasteiger partial charge in [0.05, 0.1) is 15.3 Å². The maximum Gasteiger partial charge on any atom is 0.260 e. The second kappa shape index (κ2) is 11.7. The van der Waals surface area contributed by atoms with Gasteiger partial charge in [-0.1, -0.05) is 37.3 Å². The number of benzene rings is 2. The Kier molecular flexibility index (Phi) is 9.06. The summed E-state index contributed by atoms with van der Waals surface area (Å²) in [5.41, 5.74) is 1.01. The summed E-state index contributed by atoms with van der Waals surface area (Å²) >= 11 is 1.25. The largest absolute Gasteiger partial charge is 0.302 e. The molecule has 1 aromatic heterocycles. The fraction of sp³-hybridized carbons (Fsp3) is 0.360. The number of thiazole rings is 1. The summed E-state index contributed by atoms with van der Waals surface area (Å²) in [4.78, 5) is 47.8. The third-order valence-corrected chi connectivity index (χ3v) is 8.36. The van der Waals surface area contributed by atoms with Crippen LogP contribution in [0.3, 0.4) is 0 Å². The zero-order valence-corrected chi connectivity index (χ0v) is 23.3. The average Bonchev–Trinajstić information content (AvgIpc) is 3.43. The second-order valence-corrected chi connectivity index (χ2v) is 11.5. The van der Waals surface area contributed by atoms with E-state index in [1.807, 2.05) is 13.8 Å². The van der Waals surface area contributed by atoms with Crippen LogP contribution in [-0.4, -0.2) is 68.5 Å². The molecule has 1 aliphatic heterocycles. The molecule has 0 spiro atoms. The van der Waals surface area contributed by atoms with E-state index in [1.165, 1.54) is 17.4 Å². The minimum absolute atomic E-state index is 0. The Hall–Kier alpha value is -2.86. The van der Waals surface area contributed by atoms with Crippen molar-refractivity contribution in [3.8, 4) is 0 Å². The molecule has 0 N–H and O–H groups in total. The highest BCUT2D eigenvalue weighted by atomic mass is 35.5. The van der Waals surface area contributed by atoms with Crippen LogP contribution in [0.4, 0.5) is 10.8 Å². The van der Waals surface area contributed by atoms with Crippen LogP contribution in [0.2, 0.25) is 0 Å². The SMILES string of the molecule is CCN(CC)CCN(C(=O)c1cccc(N2C(=O)CCC2=O)c1)c1nc2c(S(C)(=O)=O)cccc2s1.Cl. The van der Waals surface area contributed by atoms with Gasteiger partial charge in [0.25, 0.3) is 5.91 Å². The first-order chi connectivity index (χ1) is 17.1. The number of carbonyl (C=O) groups is 3. The Balaban J connectivity index is 0.00000380. The molecule has 1 fully saturated rings. The van der Waals surface area contributed by atoms with Crippen molar-refractivity contribution in [2.24, 2.45) is 0 Å². The number of amides is 3. The van der Waals surface area contributed by atoms with Gasteiger partial charge < -0.3 is 4.90 Å². The van der Waals surface area contributed by atoms with E-state index in [-0.39, 0.29) is 47.9 Å². The minimum atomic E-state index is -3.51. The lowest BCUT2D eigenvalue weighted by atomic mass is 10.1. The van der Waals surface area contributed by atoms with Gasteiger partial charge in [0.2, 0.25) is 11.8 Å². The molecule has 3 aromatic rings. The fourth-order valence-corrected chi connectivity index (χ4v) is 6.10. The topological polar surface area (TPSA) is 108 Å². The molecule has 198 valence electrons. The zero-order valence-electron chi connectivity index (χ0n) is 20.8. The normalized spacial score (nSPS) is 13.9. The van der Waals surface area contributed by atoms with Crippen LogP contribution < -0.4 is 9.80 Å². The first-order valence-corrected chi connectivity index (χ1v) is 14.4. The number of nitrogens with zero attached hydrogens (tertiary/aromatic N) is 4. The smallest absolute Gasteiger partial charge is 0.260 e. The number of carbonyl (C=O) groups excluding carboxylic acids is 3. The van der Waals surface area contributed by atoms with E-state index < -0.39 is 9.84 Å². The van der Waals surface area contributed by atoms with E-state index in [0.717, 1.165) is 24.2 Å². The lowest BCUT2D eigenvalue weighted by Gasteiger charge is -2.25. The van der Waals surface area contributed by atoms with Gasteiger partial charge in [-0.15, -0.1) is 12.4 Å². The van der Waals surface area contributed by atoms with Gasteiger partial charge in [0.15, 0.2) is 15.0 Å². The molecular formula is C25H29ClN4O5S2. The lowest BCUT2D eigenvalue weighted by molar-refractivity contribution is -0.121. The Morgan fingerprint density at radius 3 is 2.30 bits per heavy atom. The number of aromatic nitrogens is 1. The van der Waals surface area contributed by atoms with Gasteiger partial charge in [0, 0.05) is 37.8 Å². The van der Waals surface area contributed by atoms with E-state index in [1.54, 1.807) is 41.3 Å². The van der Waals surface area contributed by atoms with Crippen molar-refractivity contribution in [3.05, 3.63) is 48.0 Å². The number of hydrogen-bond acceptors (Lipinski definition) is 8. The summed E-state index contributed by atoms with van der Waals surface area (Å²) in [7, 11) is -3.51. The van der Waals surface area contributed by atoms with Gasteiger partial charge in [0.1, 0.15) is 5.52 Å². The zero-order chi connectivity index (χ0) is 26.0. The van der Waals surface area contributed by atoms with E-state index in [4.69, 9.17) is 0 Å². The Morgan fingerprint density at radius 2 is 1.68 bits per heavy atom. The number of hydrogen-bond donors (Lipinski definition) is 0. The van der Waals surface area contributed by atoms with Crippen molar-refractivity contribution in [3.63, 3.8) is 0 Å². The number of sulfone groups is 1. The number of rotatable bonds is 9. The predicted molar refractivity (Wildman–Crippen MR) is 148 cm³/mol. The molecule has 0 saturated carbocycles. The van der Waals surface area contributed by atoms with Crippen molar-refractivity contribution >= 4 is 72.3 Å². The maximum absolute atomic E-state index is 13.8. The van der Waals surface area contributed by atoms with E-state index in [0.29, 0.717) is 39.7 Å². The first-order valence-electron chi connectivity index (χ1n) is 11.7. The van der Waals surface area contributed by atoms with Crippen molar-refractivity contribution < 1.29 is 22.8 Å². The average molecular weight is 565 g/mol. The summed E-state index contributed by atoms with van der Waals surface area (Å²) in [6.45, 7) is 6.63. The molecule has 3 amide bonds. The van der Waals surface area contributed by atoms with Crippen LogP contribution in [0.5, 0.6) is 0 Å². The third kappa shape index (κ3) is 6.01. The van der Waals surface area contributed by atoms with Gasteiger partial charge >= 0.3 is 0 Å². The lowest BCUT2D eigenvalue weighted by Crippen LogP contribution is -2.39. The van der Waals surface area contributed by atoms with Crippen molar-refractivity contribution in [1.82, 2.24) is 9.88 Å². The number of para-hydroxylation sites is 1. The molecule has 1 aliphatic rings. The molecule has 9 nitrogen and oxygen atoms in total. The highest BCUT2D eigenvalue weighted by Gasteiger charge is 2.31. The molecule has 0 aliphatic carbocycles. The first kappa shape index (κ1) is 28.7. The van der Waals surface area contributed by atoms with Crippen LogP contribution in [0.1, 0.15) is 37.0 Å². The maximum atomic E-state index is 13.8. The van der Waals surface area contributed by atoms with Crippen LogP contribution in [0, 0.1) is 0 Å². The van der Waals surface area contributed by atoms with E-state index in [2.05, 4.69) is 9.88 Å². The molecule has 2 aromatic carbocycles. The number of halogens is 1. The summed E-state index contributed by atoms with van der Waals surface area (Å²) < 4.78 is 25.3. The molecule has 0 bridgehead atoms. The molecule has 0 radical (unpaired) electrons. The predicted octanol–water partition coefficient (Wildman–Crippen LogP) is 3.76. The molecule has 4 rings (SSSR count). The van der Waals surface area contributed by atoms with E-state index >= 15 is 0 Å². The Bertz CT molecular complexity index is 1420. The van der Waals surface area contributed by atoms with Gasteiger partial charge in [-0.2, -0.15) is 0 Å². The molecule has 37 heavy (non-hydrogen) atoms. The monoisotopic (exact) mass is 564 g/mol. The minimum Gasteiger partial charge on any atom is -0.302 e. The standard InChI is InChI=1S/C25H28N4O5S2.ClH/c1-4-27(5-2)14-15-28(25-26-23-19(35-25)10-7-11-20(23)36(3,33)34)24(32)17-8-6-9-18(16-17)29-21(30)12-13-22(29)31;/h6-11,16H,4-5,12-15H2,1-3H3;1H. The van der Waals surface area contributed by atoms with Crippen LogP contribution >= 0.6 is 23.7 Å². The van der Waals surface area contributed by atoms with Gasteiger partial charge in [-0.3, -0.25) is 24.2 Å². The van der Waals surface area contributed by atoms with Crippen LogP contribution in [-0.2, 0) is 19.4 Å². The summed E-state index contributed by atoms with van der Waals surface area (Å²) in [5, 5.41) is 0.386. The second-order valence-electron chi connectivity index (χ2n) is 8.53. The summed E-state index contributed by atoms with van der Waals surface area (Å²) in [6.07, 6.45) is 1.44. The number of fused-ring (bicyclic) bond motifs is 1.